The maximum absolute atomic E-state index is 13.5. The molecule has 3 aromatic rings. The number of hydrogen-bond acceptors (Lipinski definition) is 7. The van der Waals surface area contributed by atoms with Crippen LogP contribution in [0.1, 0.15) is 25.7 Å². The molecule has 0 bridgehead atoms. The van der Waals surface area contributed by atoms with Gasteiger partial charge in [-0.15, -0.1) is 0 Å². The molecule has 0 spiro atoms. The van der Waals surface area contributed by atoms with Crippen molar-refractivity contribution in [1.82, 2.24) is 19.2 Å². The summed E-state index contributed by atoms with van der Waals surface area (Å²) in [5, 5.41) is 14.0. The summed E-state index contributed by atoms with van der Waals surface area (Å²) in [6.45, 7) is 3.20. The van der Waals surface area contributed by atoms with E-state index in [2.05, 4.69) is 20.2 Å². The number of likely N-dealkylation sites (tertiary alicyclic amines) is 1. The summed E-state index contributed by atoms with van der Waals surface area (Å²) in [7, 11) is -3.67. The standard InChI is InChI=1S/C26H29ClFN5O3S/c27-22-17-19(3-8-23(22)28)24-9-12-29-25(31-24)30-20-4-6-21(7-5-20)37(35,36)33-15-10-26(34,11-16-33)18-32-13-1-2-14-32/h3-9,12,17,34H,1-2,10-11,13-16,18H2,(H,29,30,31). The Kier molecular flexibility index (Phi) is 7.46. The number of nitrogens with one attached hydrogen (secondary N) is 1. The first-order valence-corrected chi connectivity index (χ1v) is 14.1. The predicted octanol–water partition coefficient (Wildman–Crippen LogP) is 4.29. The van der Waals surface area contributed by atoms with Crippen LogP contribution in [0.3, 0.4) is 0 Å². The molecule has 1 aromatic heterocycles. The number of piperidine rings is 1. The number of aliphatic hydroxyl groups is 1. The SMILES string of the molecule is O=S(=O)(c1ccc(Nc2nccc(-c3ccc(F)c(Cl)c3)n2)cc1)N1CCC(O)(CN2CCCC2)CC1. The Balaban J connectivity index is 1.23. The molecule has 2 fully saturated rings. The quantitative estimate of drug-likeness (QED) is 0.457. The third-order valence-electron chi connectivity index (χ3n) is 6.99. The van der Waals surface area contributed by atoms with Gasteiger partial charge in [-0.2, -0.15) is 4.31 Å². The number of aromatic nitrogens is 2. The molecule has 0 unspecified atom stereocenters. The molecule has 2 aliphatic rings. The number of sulfonamides is 1. The summed E-state index contributed by atoms with van der Waals surface area (Å²) >= 11 is 5.89. The smallest absolute Gasteiger partial charge is 0.243 e. The lowest BCUT2D eigenvalue weighted by Gasteiger charge is -2.39. The highest BCUT2D eigenvalue weighted by Crippen LogP contribution is 2.29. The molecule has 196 valence electrons. The van der Waals surface area contributed by atoms with Crippen molar-refractivity contribution in [3.05, 3.63) is 65.6 Å². The molecule has 2 aliphatic heterocycles. The first-order chi connectivity index (χ1) is 17.7. The molecule has 0 amide bonds. The number of rotatable bonds is 7. The lowest BCUT2D eigenvalue weighted by molar-refractivity contribution is -0.0284. The van der Waals surface area contributed by atoms with Gasteiger partial charge in [-0.05, 0) is 87.3 Å². The summed E-state index contributed by atoms with van der Waals surface area (Å²) in [5.41, 5.74) is 0.991. The Morgan fingerprint density at radius 3 is 2.41 bits per heavy atom. The van der Waals surface area contributed by atoms with Crippen LogP contribution in [0.4, 0.5) is 16.0 Å². The maximum atomic E-state index is 13.5. The zero-order valence-electron chi connectivity index (χ0n) is 20.3. The third kappa shape index (κ3) is 5.94. The molecular weight excluding hydrogens is 517 g/mol. The van der Waals surface area contributed by atoms with E-state index < -0.39 is 21.4 Å². The monoisotopic (exact) mass is 545 g/mol. The van der Waals surface area contributed by atoms with Crippen molar-refractivity contribution in [3.63, 3.8) is 0 Å². The van der Waals surface area contributed by atoms with Crippen LogP contribution in [-0.2, 0) is 10.0 Å². The summed E-state index contributed by atoms with van der Waals surface area (Å²) < 4.78 is 41.4. The van der Waals surface area contributed by atoms with E-state index in [9.17, 15) is 17.9 Å². The first-order valence-electron chi connectivity index (χ1n) is 12.3. The van der Waals surface area contributed by atoms with Crippen molar-refractivity contribution < 1.29 is 17.9 Å². The number of hydrogen-bond donors (Lipinski definition) is 2. The fraction of sp³-hybridized carbons (Fsp3) is 0.385. The van der Waals surface area contributed by atoms with Crippen LogP contribution in [0.2, 0.25) is 5.02 Å². The normalized spacial score (nSPS) is 18.7. The van der Waals surface area contributed by atoms with Crippen molar-refractivity contribution in [3.8, 4) is 11.3 Å². The van der Waals surface area contributed by atoms with Crippen molar-refractivity contribution in [2.24, 2.45) is 0 Å². The molecule has 0 radical (unpaired) electrons. The van der Waals surface area contributed by atoms with Crippen LogP contribution in [0.5, 0.6) is 0 Å². The molecule has 0 aliphatic carbocycles. The van der Waals surface area contributed by atoms with Crippen LogP contribution in [0.25, 0.3) is 11.3 Å². The van der Waals surface area contributed by atoms with E-state index in [-0.39, 0.29) is 9.92 Å². The minimum atomic E-state index is -3.67. The van der Waals surface area contributed by atoms with Gasteiger partial charge >= 0.3 is 0 Å². The minimum absolute atomic E-state index is 0.00685. The van der Waals surface area contributed by atoms with Gasteiger partial charge in [0.2, 0.25) is 16.0 Å². The second-order valence-corrected chi connectivity index (χ2v) is 12.0. The predicted molar refractivity (Wildman–Crippen MR) is 141 cm³/mol. The van der Waals surface area contributed by atoms with Gasteiger partial charge in [0.1, 0.15) is 5.82 Å². The molecule has 0 saturated carbocycles. The van der Waals surface area contributed by atoms with Gasteiger partial charge in [-0.3, -0.25) is 0 Å². The molecule has 0 atom stereocenters. The van der Waals surface area contributed by atoms with Crippen LogP contribution in [0, 0.1) is 5.82 Å². The fourth-order valence-corrected chi connectivity index (χ4v) is 6.50. The molecule has 2 N–H and O–H groups in total. The Morgan fingerprint density at radius 2 is 1.73 bits per heavy atom. The van der Waals surface area contributed by atoms with Crippen LogP contribution >= 0.6 is 11.6 Å². The van der Waals surface area contributed by atoms with Gasteiger partial charge in [0.05, 0.1) is 21.2 Å². The second-order valence-electron chi connectivity index (χ2n) is 9.66. The topological polar surface area (TPSA) is 98.7 Å². The van der Waals surface area contributed by atoms with E-state index in [1.807, 2.05) is 0 Å². The highest BCUT2D eigenvalue weighted by atomic mass is 35.5. The van der Waals surface area contributed by atoms with Gasteiger partial charge in [0.15, 0.2) is 0 Å². The average Bonchev–Trinajstić information content (AvgIpc) is 3.39. The van der Waals surface area contributed by atoms with Gasteiger partial charge in [-0.1, -0.05) is 11.6 Å². The molecule has 3 heterocycles. The van der Waals surface area contributed by atoms with E-state index in [0.717, 1.165) is 25.9 Å². The molecule has 2 aromatic carbocycles. The Morgan fingerprint density at radius 1 is 1.03 bits per heavy atom. The number of anilines is 2. The number of benzene rings is 2. The zero-order chi connectivity index (χ0) is 26.0. The van der Waals surface area contributed by atoms with E-state index in [1.54, 1.807) is 42.6 Å². The van der Waals surface area contributed by atoms with Crippen molar-refractivity contribution in [1.29, 1.82) is 0 Å². The Labute approximate surface area is 221 Å². The van der Waals surface area contributed by atoms with Crippen LogP contribution in [0.15, 0.2) is 59.6 Å². The minimum Gasteiger partial charge on any atom is -0.388 e. The summed E-state index contributed by atoms with van der Waals surface area (Å²) in [5.74, 6) is -0.197. The Hall–Kier alpha value is -2.63. The van der Waals surface area contributed by atoms with E-state index in [0.29, 0.717) is 55.4 Å². The van der Waals surface area contributed by atoms with Crippen molar-refractivity contribution in [2.45, 2.75) is 36.2 Å². The van der Waals surface area contributed by atoms with E-state index in [4.69, 9.17) is 11.6 Å². The molecule has 11 heteroatoms. The van der Waals surface area contributed by atoms with Gasteiger partial charge < -0.3 is 15.3 Å². The van der Waals surface area contributed by atoms with E-state index >= 15 is 0 Å². The summed E-state index contributed by atoms with van der Waals surface area (Å²) in [6.07, 6.45) is 4.73. The fourth-order valence-electron chi connectivity index (χ4n) is 4.88. The summed E-state index contributed by atoms with van der Waals surface area (Å²) in [4.78, 5) is 11.1. The molecule has 8 nitrogen and oxygen atoms in total. The third-order valence-corrected chi connectivity index (χ3v) is 9.19. The van der Waals surface area contributed by atoms with Crippen LogP contribution < -0.4 is 5.32 Å². The average molecular weight is 546 g/mol. The molecular formula is C26H29ClFN5O3S. The Bertz CT molecular complexity index is 1360. The number of nitrogens with zero attached hydrogens (tertiary/aromatic N) is 4. The van der Waals surface area contributed by atoms with Gasteiger partial charge in [-0.25, -0.2) is 22.8 Å². The van der Waals surface area contributed by atoms with Gasteiger partial charge in [0.25, 0.3) is 0 Å². The van der Waals surface area contributed by atoms with Gasteiger partial charge in [0, 0.05) is 37.1 Å². The number of halogens is 2. The molecule has 5 rings (SSSR count). The van der Waals surface area contributed by atoms with E-state index in [1.165, 1.54) is 16.4 Å². The first kappa shape index (κ1) is 26.0. The lowest BCUT2D eigenvalue weighted by Crippen LogP contribution is -2.51. The number of β-amino-alcohol motifs (C(OH)–C–C–N with tert-alkyl or cyclic N) is 1. The van der Waals surface area contributed by atoms with Crippen molar-refractivity contribution >= 4 is 33.3 Å². The highest BCUT2D eigenvalue weighted by molar-refractivity contribution is 7.89. The highest BCUT2D eigenvalue weighted by Gasteiger charge is 2.38. The molecule has 2 saturated heterocycles. The molecule has 37 heavy (non-hydrogen) atoms. The maximum Gasteiger partial charge on any atom is 0.243 e. The largest absolute Gasteiger partial charge is 0.388 e. The second kappa shape index (κ2) is 10.6. The zero-order valence-corrected chi connectivity index (χ0v) is 21.8. The van der Waals surface area contributed by atoms with Crippen LogP contribution in [-0.4, -0.2) is 71.0 Å². The lowest BCUT2D eigenvalue weighted by atomic mass is 9.92. The summed E-state index contributed by atoms with van der Waals surface area (Å²) in [6, 6.07) is 12.5. The van der Waals surface area contributed by atoms with Crippen molar-refractivity contribution in [2.75, 3.05) is 38.0 Å².